The second kappa shape index (κ2) is 8.51. The highest BCUT2D eigenvalue weighted by atomic mass is 32.1. The summed E-state index contributed by atoms with van der Waals surface area (Å²) in [6.45, 7) is 1.89. The van der Waals surface area contributed by atoms with Gasteiger partial charge in [0.25, 0.3) is 5.91 Å². The summed E-state index contributed by atoms with van der Waals surface area (Å²) >= 11 is 1.31. The largest absolute Gasteiger partial charge is 0.465 e. The van der Waals surface area contributed by atoms with Gasteiger partial charge in [-0.1, -0.05) is 30.3 Å². The van der Waals surface area contributed by atoms with Crippen LogP contribution >= 0.6 is 11.3 Å². The number of nitrogens with one attached hydrogen (secondary N) is 1. The van der Waals surface area contributed by atoms with Crippen molar-refractivity contribution in [1.29, 1.82) is 5.26 Å². The Kier molecular flexibility index (Phi) is 5.87. The van der Waals surface area contributed by atoms with Crippen molar-refractivity contribution in [1.82, 2.24) is 5.32 Å². The normalized spacial score (nSPS) is 11.3. The molecule has 0 fully saturated rings. The smallest absolute Gasteiger partial charge is 0.337 e. The van der Waals surface area contributed by atoms with Crippen molar-refractivity contribution in [2.24, 2.45) is 0 Å². The maximum atomic E-state index is 12.8. The van der Waals surface area contributed by atoms with Crippen molar-refractivity contribution in [2.45, 2.75) is 13.0 Å². The van der Waals surface area contributed by atoms with Crippen molar-refractivity contribution in [3.8, 4) is 17.2 Å². The molecule has 0 unspecified atom stereocenters. The molecule has 0 aliphatic rings. The topological polar surface area (TPSA) is 79.2 Å². The summed E-state index contributed by atoms with van der Waals surface area (Å²) in [6, 6.07) is 18.2. The predicted octanol–water partition coefficient (Wildman–Crippen LogP) is 4.56. The average Bonchev–Trinajstić information content (AvgIpc) is 3.22. The van der Waals surface area contributed by atoms with E-state index in [-0.39, 0.29) is 17.5 Å². The fourth-order valence-electron chi connectivity index (χ4n) is 2.88. The predicted molar refractivity (Wildman–Crippen MR) is 108 cm³/mol. The van der Waals surface area contributed by atoms with Crippen molar-refractivity contribution < 1.29 is 14.3 Å². The summed E-state index contributed by atoms with van der Waals surface area (Å²) in [5, 5.41) is 14.1. The van der Waals surface area contributed by atoms with Gasteiger partial charge in [0.15, 0.2) is 0 Å². The highest BCUT2D eigenvalue weighted by molar-refractivity contribution is 7.11. The van der Waals surface area contributed by atoms with Gasteiger partial charge in [0.05, 0.1) is 18.7 Å². The Hall–Kier alpha value is -3.43. The molecule has 6 heteroatoms. The second-order valence-corrected chi connectivity index (χ2v) is 7.09. The van der Waals surface area contributed by atoms with E-state index in [4.69, 9.17) is 4.74 Å². The third-order valence-electron chi connectivity index (χ3n) is 4.34. The Morgan fingerprint density at radius 2 is 1.82 bits per heavy atom. The molecule has 0 radical (unpaired) electrons. The van der Waals surface area contributed by atoms with Gasteiger partial charge in [-0.15, -0.1) is 11.3 Å². The molecule has 0 saturated carbocycles. The highest BCUT2D eigenvalue weighted by Crippen LogP contribution is 2.30. The van der Waals surface area contributed by atoms with Gasteiger partial charge in [0.1, 0.15) is 10.9 Å². The number of benzene rings is 2. The van der Waals surface area contributed by atoms with Crippen LogP contribution in [0.1, 0.15) is 44.1 Å². The number of ether oxygens (including phenoxy) is 1. The first kappa shape index (κ1) is 19.3. The van der Waals surface area contributed by atoms with Crippen molar-refractivity contribution in [2.75, 3.05) is 7.11 Å². The highest BCUT2D eigenvalue weighted by Gasteiger charge is 2.18. The van der Waals surface area contributed by atoms with E-state index in [0.717, 1.165) is 5.56 Å². The molecule has 0 aliphatic carbocycles. The minimum Gasteiger partial charge on any atom is -0.465 e. The molecule has 0 saturated heterocycles. The van der Waals surface area contributed by atoms with E-state index in [1.54, 1.807) is 23.6 Å². The molecule has 1 heterocycles. The molecule has 28 heavy (non-hydrogen) atoms. The van der Waals surface area contributed by atoms with E-state index in [2.05, 4.69) is 11.4 Å². The molecule has 3 aromatic rings. The fraction of sp³-hybridized carbons (Fsp3) is 0.136. The van der Waals surface area contributed by atoms with Crippen LogP contribution in [0.4, 0.5) is 0 Å². The molecule has 3 rings (SSSR count). The molecule has 0 aliphatic heterocycles. The van der Waals surface area contributed by atoms with Crippen molar-refractivity contribution >= 4 is 23.2 Å². The standard InChI is InChI=1S/C22H18N2O3S/c1-14(15-6-4-3-5-7-15)24-21(25)17-10-16(11-18(12-17)22(26)27-2)19-8-9-28-20(19)13-23/h3-12,14H,1-2H3,(H,24,25)/t14-/m1/s1. The van der Waals surface area contributed by atoms with E-state index in [1.165, 1.54) is 24.5 Å². The van der Waals surface area contributed by atoms with Crippen LogP contribution in [0.15, 0.2) is 60.0 Å². The number of amides is 1. The Morgan fingerprint density at radius 1 is 1.11 bits per heavy atom. The van der Waals surface area contributed by atoms with Crippen LogP contribution in [0.3, 0.4) is 0 Å². The first-order chi connectivity index (χ1) is 13.5. The molecule has 2 aromatic carbocycles. The zero-order valence-electron chi connectivity index (χ0n) is 15.4. The van der Waals surface area contributed by atoms with Gasteiger partial charge < -0.3 is 10.1 Å². The number of carbonyl (C=O) groups excluding carboxylic acids is 2. The van der Waals surface area contributed by atoms with E-state index < -0.39 is 5.97 Å². The monoisotopic (exact) mass is 390 g/mol. The van der Waals surface area contributed by atoms with E-state index >= 15 is 0 Å². The van der Waals surface area contributed by atoms with Gasteiger partial charge in [0.2, 0.25) is 0 Å². The first-order valence-corrected chi connectivity index (χ1v) is 9.48. The molecular weight excluding hydrogens is 372 g/mol. The van der Waals surface area contributed by atoms with Crippen molar-refractivity contribution in [3.05, 3.63) is 81.5 Å². The van der Waals surface area contributed by atoms with Gasteiger partial charge in [-0.2, -0.15) is 5.26 Å². The average molecular weight is 390 g/mol. The van der Waals surface area contributed by atoms with Gasteiger partial charge in [-0.25, -0.2) is 4.79 Å². The molecule has 1 amide bonds. The summed E-state index contributed by atoms with van der Waals surface area (Å²) in [5.74, 6) is -0.849. The number of hydrogen-bond donors (Lipinski definition) is 1. The Labute approximate surface area is 167 Å². The van der Waals surface area contributed by atoms with E-state index in [0.29, 0.717) is 21.6 Å². The number of nitrogens with zero attached hydrogens (tertiary/aromatic N) is 1. The summed E-state index contributed by atoms with van der Waals surface area (Å²) in [4.78, 5) is 25.5. The number of methoxy groups -OCH3 is 1. The van der Waals surface area contributed by atoms with Crippen LogP contribution in [-0.2, 0) is 4.74 Å². The molecule has 0 bridgehead atoms. The maximum absolute atomic E-state index is 12.8. The molecule has 1 aromatic heterocycles. The molecule has 0 spiro atoms. The lowest BCUT2D eigenvalue weighted by atomic mass is 9.99. The van der Waals surface area contributed by atoms with E-state index in [9.17, 15) is 14.9 Å². The van der Waals surface area contributed by atoms with Crippen LogP contribution in [0, 0.1) is 11.3 Å². The molecule has 5 nitrogen and oxygen atoms in total. The maximum Gasteiger partial charge on any atom is 0.337 e. The first-order valence-electron chi connectivity index (χ1n) is 8.60. The summed E-state index contributed by atoms with van der Waals surface area (Å²) in [7, 11) is 1.29. The number of rotatable bonds is 5. The fourth-order valence-corrected chi connectivity index (χ4v) is 3.58. The number of nitriles is 1. The Balaban J connectivity index is 1.98. The SMILES string of the molecule is COC(=O)c1cc(C(=O)N[C@H](C)c2ccccc2)cc(-c2ccsc2C#N)c1. The lowest BCUT2D eigenvalue weighted by molar-refractivity contribution is 0.0600. The summed E-state index contributed by atoms with van der Waals surface area (Å²) < 4.78 is 4.82. The lowest BCUT2D eigenvalue weighted by Gasteiger charge is -2.15. The quantitative estimate of drug-likeness (QED) is 0.648. The van der Waals surface area contributed by atoms with Gasteiger partial charge in [-0.3, -0.25) is 4.79 Å². The third-order valence-corrected chi connectivity index (χ3v) is 5.16. The zero-order valence-corrected chi connectivity index (χ0v) is 16.2. The number of thiophene rings is 1. The molecule has 140 valence electrons. The van der Waals surface area contributed by atoms with Crippen LogP contribution in [-0.4, -0.2) is 19.0 Å². The van der Waals surface area contributed by atoms with Crippen LogP contribution < -0.4 is 5.32 Å². The number of hydrogen-bond acceptors (Lipinski definition) is 5. The zero-order chi connectivity index (χ0) is 20.1. The molecule has 1 N–H and O–H groups in total. The minimum absolute atomic E-state index is 0.199. The van der Waals surface area contributed by atoms with Gasteiger partial charge in [-0.05, 0) is 47.7 Å². The number of carbonyl (C=O) groups is 2. The molecule has 1 atom stereocenters. The van der Waals surface area contributed by atoms with Gasteiger partial charge in [0, 0.05) is 11.1 Å². The van der Waals surface area contributed by atoms with Crippen LogP contribution in [0.2, 0.25) is 0 Å². The molecular formula is C22H18N2O3S. The minimum atomic E-state index is -0.541. The van der Waals surface area contributed by atoms with Crippen molar-refractivity contribution in [3.63, 3.8) is 0 Å². The van der Waals surface area contributed by atoms with E-state index in [1.807, 2.05) is 37.3 Å². The summed E-state index contributed by atoms with van der Waals surface area (Å²) in [5.41, 5.74) is 2.87. The second-order valence-electron chi connectivity index (χ2n) is 6.17. The Morgan fingerprint density at radius 3 is 2.50 bits per heavy atom. The lowest BCUT2D eigenvalue weighted by Crippen LogP contribution is -2.27. The van der Waals surface area contributed by atoms with Crippen LogP contribution in [0.5, 0.6) is 0 Å². The number of esters is 1. The van der Waals surface area contributed by atoms with Crippen LogP contribution in [0.25, 0.3) is 11.1 Å². The van der Waals surface area contributed by atoms with Gasteiger partial charge >= 0.3 is 5.97 Å². The summed E-state index contributed by atoms with van der Waals surface area (Å²) in [6.07, 6.45) is 0. The third kappa shape index (κ3) is 4.11. The Bertz CT molecular complexity index is 1050.